The molecule has 0 fully saturated rings. The van der Waals surface area contributed by atoms with E-state index in [1.165, 1.54) is 12.3 Å². The number of aromatic amines is 1. The van der Waals surface area contributed by atoms with Gasteiger partial charge in [-0.25, -0.2) is 4.98 Å². The number of rotatable bonds is 3. The molecular formula is C15H11FN4O. The quantitative estimate of drug-likeness (QED) is 0.726. The summed E-state index contributed by atoms with van der Waals surface area (Å²) in [5.74, 6) is -1.08. The molecule has 1 amide bonds. The third-order valence-corrected chi connectivity index (χ3v) is 2.92. The van der Waals surface area contributed by atoms with Crippen molar-refractivity contribution in [2.45, 2.75) is 0 Å². The van der Waals surface area contributed by atoms with Gasteiger partial charge in [-0.05, 0) is 24.3 Å². The Hall–Kier alpha value is -3.02. The molecule has 2 aromatic heterocycles. The summed E-state index contributed by atoms with van der Waals surface area (Å²) in [5.41, 5.74) is 2.58. The van der Waals surface area contributed by atoms with E-state index in [2.05, 4.69) is 20.5 Å². The van der Waals surface area contributed by atoms with E-state index in [0.717, 1.165) is 17.3 Å². The summed E-state index contributed by atoms with van der Waals surface area (Å²) in [6.45, 7) is 0. The summed E-state index contributed by atoms with van der Waals surface area (Å²) in [4.78, 5) is 15.5. The van der Waals surface area contributed by atoms with Crippen molar-refractivity contribution in [3.05, 3.63) is 66.4 Å². The van der Waals surface area contributed by atoms with Crippen molar-refractivity contribution in [1.29, 1.82) is 0 Å². The third-order valence-electron chi connectivity index (χ3n) is 2.92. The summed E-state index contributed by atoms with van der Waals surface area (Å²) in [6.07, 6.45) is 2.91. The van der Waals surface area contributed by atoms with Gasteiger partial charge in [-0.15, -0.1) is 0 Å². The normalized spacial score (nSPS) is 10.3. The molecule has 104 valence electrons. The van der Waals surface area contributed by atoms with Crippen molar-refractivity contribution in [2.75, 3.05) is 5.32 Å². The van der Waals surface area contributed by atoms with Crippen LogP contribution in [-0.4, -0.2) is 21.1 Å². The predicted octanol–water partition coefficient (Wildman–Crippen LogP) is 2.86. The van der Waals surface area contributed by atoms with E-state index in [0.29, 0.717) is 5.69 Å². The van der Waals surface area contributed by atoms with E-state index in [9.17, 15) is 9.18 Å². The number of nitrogens with zero attached hydrogens (tertiary/aromatic N) is 2. The van der Waals surface area contributed by atoms with Gasteiger partial charge >= 0.3 is 0 Å². The summed E-state index contributed by atoms with van der Waals surface area (Å²) >= 11 is 0. The Labute approximate surface area is 119 Å². The van der Waals surface area contributed by atoms with Gasteiger partial charge in [0, 0.05) is 35.3 Å². The Morgan fingerprint density at radius 2 is 2.05 bits per heavy atom. The van der Waals surface area contributed by atoms with E-state index in [1.54, 1.807) is 12.3 Å². The molecule has 3 aromatic rings. The number of halogens is 1. The first kappa shape index (κ1) is 13.0. The molecule has 0 atom stereocenters. The fraction of sp³-hybridized carbons (Fsp3) is 0. The SMILES string of the molecule is O=C(Nc1cccc(-c2ccn[nH]2)c1)c1ccnc(F)c1. The summed E-state index contributed by atoms with van der Waals surface area (Å²) < 4.78 is 13.0. The largest absolute Gasteiger partial charge is 0.322 e. The Morgan fingerprint density at radius 1 is 1.14 bits per heavy atom. The number of amides is 1. The smallest absolute Gasteiger partial charge is 0.255 e. The standard InChI is InChI=1S/C15H11FN4O/c16-14-9-11(4-6-17-14)15(21)19-12-3-1-2-10(8-12)13-5-7-18-20-13/h1-9H,(H,18,20)(H,19,21). The van der Waals surface area contributed by atoms with Gasteiger partial charge in [0.2, 0.25) is 5.95 Å². The van der Waals surface area contributed by atoms with Crippen LogP contribution in [0.15, 0.2) is 54.9 Å². The summed E-state index contributed by atoms with van der Waals surface area (Å²) in [5, 5.41) is 9.46. The molecule has 2 N–H and O–H groups in total. The molecule has 0 bridgehead atoms. The van der Waals surface area contributed by atoms with Gasteiger partial charge in [0.05, 0.1) is 5.69 Å². The fourth-order valence-electron chi connectivity index (χ4n) is 1.93. The van der Waals surface area contributed by atoms with Crippen LogP contribution in [0, 0.1) is 5.95 Å². The highest BCUT2D eigenvalue weighted by Gasteiger charge is 2.08. The molecule has 0 aliphatic rings. The van der Waals surface area contributed by atoms with Gasteiger partial charge < -0.3 is 5.32 Å². The Kier molecular flexibility index (Phi) is 3.42. The monoisotopic (exact) mass is 282 g/mol. The highest BCUT2D eigenvalue weighted by molar-refractivity contribution is 6.04. The van der Waals surface area contributed by atoms with E-state index in [4.69, 9.17) is 0 Å². The highest BCUT2D eigenvalue weighted by Crippen LogP contribution is 2.20. The molecule has 5 nitrogen and oxygen atoms in total. The number of pyridine rings is 1. The average Bonchev–Trinajstić information content (AvgIpc) is 3.02. The zero-order valence-electron chi connectivity index (χ0n) is 10.9. The average molecular weight is 282 g/mol. The van der Waals surface area contributed by atoms with Gasteiger partial charge in [0.25, 0.3) is 5.91 Å². The highest BCUT2D eigenvalue weighted by atomic mass is 19.1. The van der Waals surface area contributed by atoms with E-state index in [1.807, 2.05) is 24.3 Å². The second kappa shape index (κ2) is 5.54. The van der Waals surface area contributed by atoms with Crippen molar-refractivity contribution >= 4 is 11.6 Å². The zero-order chi connectivity index (χ0) is 14.7. The van der Waals surface area contributed by atoms with Gasteiger partial charge in [0.1, 0.15) is 0 Å². The number of aromatic nitrogens is 3. The van der Waals surface area contributed by atoms with Crippen LogP contribution in [0.2, 0.25) is 0 Å². The molecule has 0 saturated heterocycles. The lowest BCUT2D eigenvalue weighted by Gasteiger charge is -2.06. The van der Waals surface area contributed by atoms with E-state index < -0.39 is 11.9 Å². The Balaban J connectivity index is 1.82. The fourth-order valence-corrected chi connectivity index (χ4v) is 1.93. The molecule has 21 heavy (non-hydrogen) atoms. The zero-order valence-corrected chi connectivity index (χ0v) is 10.9. The lowest BCUT2D eigenvalue weighted by Crippen LogP contribution is -2.12. The van der Waals surface area contributed by atoms with Crippen LogP contribution in [0.25, 0.3) is 11.3 Å². The minimum Gasteiger partial charge on any atom is -0.322 e. The van der Waals surface area contributed by atoms with Crippen molar-refractivity contribution in [1.82, 2.24) is 15.2 Å². The Bertz CT molecular complexity index is 771. The first-order valence-corrected chi connectivity index (χ1v) is 6.25. The van der Waals surface area contributed by atoms with Crippen LogP contribution >= 0.6 is 0 Å². The molecule has 0 spiro atoms. The number of benzene rings is 1. The lowest BCUT2D eigenvalue weighted by atomic mass is 10.1. The van der Waals surface area contributed by atoms with Crippen molar-refractivity contribution < 1.29 is 9.18 Å². The third kappa shape index (κ3) is 2.94. The molecule has 0 aliphatic heterocycles. The predicted molar refractivity (Wildman–Crippen MR) is 76.2 cm³/mol. The van der Waals surface area contributed by atoms with Crippen molar-refractivity contribution in [2.24, 2.45) is 0 Å². The number of carbonyl (C=O) groups is 1. The van der Waals surface area contributed by atoms with Crippen LogP contribution in [0.5, 0.6) is 0 Å². The van der Waals surface area contributed by atoms with E-state index in [-0.39, 0.29) is 5.56 Å². The van der Waals surface area contributed by atoms with Gasteiger partial charge in [-0.3, -0.25) is 9.89 Å². The molecule has 0 radical (unpaired) electrons. The maximum absolute atomic E-state index is 13.0. The maximum Gasteiger partial charge on any atom is 0.255 e. The van der Waals surface area contributed by atoms with Crippen LogP contribution < -0.4 is 5.32 Å². The van der Waals surface area contributed by atoms with Crippen molar-refractivity contribution in [3.8, 4) is 11.3 Å². The number of anilines is 1. The van der Waals surface area contributed by atoms with Gasteiger partial charge in [0.15, 0.2) is 0 Å². The van der Waals surface area contributed by atoms with Crippen LogP contribution in [0.3, 0.4) is 0 Å². The molecule has 0 aliphatic carbocycles. The van der Waals surface area contributed by atoms with Crippen LogP contribution in [0.1, 0.15) is 10.4 Å². The second-order valence-electron chi connectivity index (χ2n) is 4.37. The summed E-state index contributed by atoms with van der Waals surface area (Å²) in [6, 6.07) is 11.7. The molecule has 3 rings (SSSR count). The number of nitrogens with one attached hydrogen (secondary N) is 2. The van der Waals surface area contributed by atoms with E-state index >= 15 is 0 Å². The number of hydrogen-bond acceptors (Lipinski definition) is 3. The Morgan fingerprint density at radius 3 is 2.81 bits per heavy atom. The molecule has 0 saturated carbocycles. The number of hydrogen-bond donors (Lipinski definition) is 2. The van der Waals surface area contributed by atoms with Crippen LogP contribution in [-0.2, 0) is 0 Å². The molecule has 0 unspecified atom stereocenters. The lowest BCUT2D eigenvalue weighted by molar-refractivity contribution is 0.102. The first-order valence-electron chi connectivity index (χ1n) is 6.25. The van der Waals surface area contributed by atoms with Crippen LogP contribution in [0.4, 0.5) is 10.1 Å². The van der Waals surface area contributed by atoms with Crippen molar-refractivity contribution in [3.63, 3.8) is 0 Å². The topological polar surface area (TPSA) is 70.7 Å². The minimum absolute atomic E-state index is 0.217. The first-order chi connectivity index (χ1) is 10.2. The molecule has 1 aromatic carbocycles. The molecule has 2 heterocycles. The minimum atomic E-state index is -0.686. The van der Waals surface area contributed by atoms with Gasteiger partial charge in [-0.1, -0.05) is 12.1 Å². The summed E-state index contributed by atoms with van der Waals surface area (Å²) in [7, 11) is 0. The number of H-pyrrole nitrogens is 1. The number of carbonyl (C=O) groups excluding carboxylic acids is 1. The maximum atomic E-state index is 13.0. The second-order valence-corrected chi connectivity index (χ2v) is 4.37. The molecule has 6 heteroatoms. The molecular weight excluding hydrogens is 271 g/mol. The van der Waals surface area contributed by atoms with Gasteiger partial charge in [-0.2, -0.15) is 9.49 Å².